The number of methoxy groups -OCH3 is 1. The van der Waals surface area contributed by atoms with Crippen LogP contribution in [-0.2, 0) is 57.2 Å². The molecule has 1 fully saturated rings. The molecule has 13 nitrogen and oxygen atoms in total. The fraction of sp³-hybridized carbons (Fsp3) is 0.652. The minimum absolute atomic E-state index is 0.0432. The molecular formula is C23H32ClNO12. The van der Waals surface area contributed by atoms with Gasteiger partial charge in [0.25, 0.3) is 0 Å². The molecule has 0 aromatic heterocycles. The highest BCUT2D eigenvalue weighted by atomic mass is 35.5. The summed E-state index contributed by atoms with van der Waals surface area (Å²) in [5.41, 5.74) is 0. The molecule has 0 saturated carbocycles. The van der Waals surface area contributed by atoms with Gasteiger partial charge in [0, 0.05) is 34.6 Å². The van der Waals surface area contributed by atoms with Gasteiger partial charge in [0.1, 0.15) is 18.8 Å². The summed E-state index contributed by atoms with van der Waals surface area (Å²) in [5.74, 6) is -6.10. The van der Waals surface area contributed by atoms with Gasteiger partial charge in [-0.3, -0.25) is 24.0 Å². The van der Waals surface area contributed by atoms with Crippen LogP contribution in [0.1, 0.15) is 41.0 Å². The maximum atomic E-state index is 12.9. The third-order valence-corrected chi connectivity index (χ3v) is 5.73. The summed E-state index contributed by atoms with van der Waals surface area (Å²) in [6, 6.07) is -1.30. The van der Waals surface area contributed by atoms with E-state index in [4.69, 9.17) is 40.0 Å². The van der Waals surface area contributed by atoms with E-state index in [0.717, 1.165) is 41.7 Å². The molecule has 208 valence electrons. The van der Waals surface area contributed by atoms with E-state index in [0.29, 0.717) is 0 Å². The molecule has 0 bridgehead atoms. The van der Waals surface area contributed by atoms with Crippen LogP contribution < -0.4 is 5.32 Å². The monoisotopic (exact) mass is 549 g/mol. The zero-order valence-corrected chi connectivity index (χ0v) is 22.2. The molecule has 0 unspecified atom stereocenters. The highest BCUT2D eigenvalue weighted by Gasteiger charge is 2.62. The van der Waals surface area contributed by atoms with E-state index in [9.17, 15) is 28.8 Å². The third-order valence-electron chi connectivity index (χ3n) is 5.21. The number of rotatable bonds is 11. The fourth-order valence-corrected chi connectivity index (χ4v) is 4.38. The van der Waals surface area contributed by atoms with Crippen molar-refractivity contribution in [3.8, 4) is 0 Å². The van der Waals surface area contributed by atoms with Gasteiger partial charge in [-0.25, -0.2) is 4.79 Å². The standard InChI is InChI=1S/C23H32ClNO12/c1-8-9-16-19(35-14(5)29)18(25-11(2)26)21(37-23(16,24)22(31)32-7)20(36-15(6)30)17(34-13(4)28)10-33-12(3)27/h8,16-21H,1,9-10H2,2-7H3,(H,25,26)/t16-,17+,18+,19-,20+,21+,23-/m0/s1. The predicted octanol–water partition coefficient (Wildman–Crippen LogP) is 0.549. The molecule has 1 saturated heterocycles. The number of halogens is 1. The summed E-state index contributed by atoms with van der Waals surface area (Å²) < 4.78 is 31.9. The lowest BCUT2D eigenvalue weighted by atomic mass is 9.80. The van der Waals surface area contributed by atoms with Crippen LogP contribution in [0.5, 0.6) is 0 Å². The smallest absolute Gasteiger partial charge is 0.354 e. The van der Waals surface area contributed by atoms with Gasteiger partial charge in [-0.2, -0.15) is 0 Å². The Balaban J connectivity index is 3.86. The topological polar surface area (TPSA) is 170 Å². The van der Waals surface area contributed by atoms with Crippen LogP contribution in [0.2, 0.25) is 0 Å². The third kappa shape index (κ3) is 8.71. The van der Waals surface area contributed by atoms with Crippen LogP contribution in [0.15, 0.2) is 12.7 Å². The Hall–Kier alpha value is -3.19. The molecule has 1 rings (SSSR count). The molecule has 0 spiro atoms. The average molecular weight is 550 g/mol. The summed E-state index contributed by atoms with van der Waals surface area (Å²) in [6.45, 7) is 8.49. The lowest BCUT2D eigenvalue weighted by Gasteiger charge is -2.50. The number of hydrogen-bond donors (Lipinski definition) is 1. The summed E-state index contributed by atoms with van der Waals surface area (Å²) in [6.07, 6.45) is -4.70. The Morgan fingerprint density at radius 3 is 2.03 bits per heavy atom. The van der Waals surface area contributed by atoms with E-state index in [1.54, 1.807) is 0 Å². The van der Waals surface area contributed by atoms with Gasteiger partial charge in [0.15, 0.2) is 12.2 Å². The van der Waals surface area contributed by atoms with Crippen molar-refractivity contribution in [2.75, 3.05) is 13.7 Å². The minimum Gasteiger partial charge on any atom is -0.466 e. The molecule has 1 amide bonds. The van der Waals surface area contributed by atoms with Gasteiger partial charge in [-0.05, 0) is 6.42 Å². The molecule has 0 radical (unpaired) electrons. The molecule has 0 aromatic carbocycles. The molecule has 0 aromatic rings. The van der Waals surface area contributed by atoms with Crippen LogP contribution in [0, 0.1) is 5.92 Å². The maximum Gasteiger partial charge on any atom is 0.354 e. The van der Waals surface area contributed by atoms with E-state index >= 15 is 0 Å². The van der Waals surface area contributed by atoms with Crippen molar-refractivity contribution < 1.29 is 57.2 Å². The van der Waals surface area contributed by atoms with Gasteiger partial charge < -0.3 is 33.7 Å². The number of carbonyl (C=O) groups is 6. The van der Waals surface area contributed by atoms with Gasteiger partial charge in [-0.1, -0.05) is 17.7 Å². The second-order valence-corrected chi connectivity index (χ2v) is 8.74. The molecule has 7 atom stereocenters. The van der Waals surface area contributed by atoms with Crippen molar-refractivity contribution >= 4 is 47.4 Å². The Kier molecular flexibility index (Phi) is 12.0. The number of allylic oxidation sites excluding steroid dienone is 1. The van der Waals surface area contributed by atoms with E-state index in [1.807, 2.05) is 0 Å². The molecule has 0 aliphatic carbocycles. The van der Waals surface area contributed by atoms with E-state index < -0.39 is 83.8 Å². The van der Waals surface area contributed by atoms with Gasteiger partial charge in [-0.15, -0.1) is 6.58 Å². The van der Waals surface area contributed by atoms with Crippen molar-refractivity contribution in [2.24, 2.45) is 5.92 Å². The van der Waals surface area contributed by atoms with Crippen molar-refractivity contribution in [1.82, 2.24) is 5.32 Å². The number of alkyl halides is 1. The normalized spacial score (nSPS) is 26.5. The number of ether oxygens (including phenoxy) is 6. The zero-order valence-electron chi connectivity index (χ0n) is 21.4. The summed E-state index contributed by atoms with van der Waals surface area (Å²) in [5, 5.41) is 0.227. The van der Waals surface area contributed by atoms with Crippen molar-refractivity contribution in [1.29, 1.82) is 0 Å². The Morgan fingerprint density at radius 1 is 1.00 bits per heavy atom. The van der Waals surface area contributed by atoms with Crippen LogP contribution in [0.4, 0.5) is 0 Å². The number of carbonyl (C=O) groups excluding carboxylic acids is 6. The molecule has 37 heavy (non-hydrogen) atoms. The quantitative estimate of drug-likeness (QED) is 0.164. The first-order chi connectivity index (χ1) is 17.2. The largest absolute Gasteiger partial charge is 0.466 e. The molecule has 1 heterocycles. The molecule has 1 aliphatic rings. The Morgan fingerprint density at radius 2 is 1.59 bits per heavy atom. The first-order valence-corrected chi connectivity index (χ1v) is 11.5. The molecule has 1 N–H and O–H groups in total. The van der Waals surface area contributed by atoms with E-state index in [-0.39, 0.29) is 6.42 Å². The molecule has 1 aliphatic heterocycles. The van der Waals surface area contributed by atoms with Gasteiger partial charge in [0.2, 0.25) is 11.0 Å². The second-order valence-electron chi connectivity index (χ2n) is 8.17. The van der Waals surface area contributed by atoms with Crippen molar-refractivity contribution in [3.63, 3.8) is 0 Å². The number of amides is 1. The minimum atomic E-state index is -2.34. The second kappa shape index (κ2) is 13.9. The van der Waals surface area contributed by atoms with Crippen LogP contribution in [0.25, 0.3) is 0 Å². The summed E-state index contributed by atoms with van der Waals surface area (Å²) in [4.78, 5) is 72.6. The lowest BCUT2D eigenvalue weighted by molar-refractivity contribution is -0.240. The molecular weight excluding hydrogens is 518 g/mol. The highest BCUT2D eigenvalue weighted by molar-refractivity contribution is 6.33. The van der Waals surface area contributed by atoms with Crippen molar-refractivity contribution in [2.45, 2.75) is 76.6 Å². The summed E-state index contributed by atoms with van der Waals surface area (Å²) >= 11 is 6.68. The van der Waals surface area contributed by atoms with Gasteiger partial charge in [0.05, 0.1) is 19.1 Å². The van der Waals surface area contributed by atoms with E-state index in [2.05, 4.69) is 11.9 Å². The van der Waals surface area contributed by atoms with Crippen LogP contribution >= 0.6 is 11.6 Å². The van der Waals surface area contributed by atoms with Crippen molar-refractivity contribution in [3.05, 3.63) is 12.7 Å². The predicted molar refractivity (Wildman–Crippen MR) is 125 cm³/mol. The van der Waals surface area contributed by atoms with Crippen LogP contribution in [0.3, 0.4) is 0 Å². The number of esters is 5. The number of hydrogen-bond acceptors (Lipinski definition) is 12. The first kappa shape index (κ1) is 31.8. The fourth-order valence-electron chi connectivity index (χ4n) is 3.98. The SMILES string of the molecule is C=CC[C@H]1[C@H](OC(C)=O)[C@@H](NC(C)=O)[C@H]([C@H](OC(C)=O)[C@@H](COC(C)=O)OC(C)=O)O[C@]1(Cl)C(=O)OC. The molecule has 14 heteroatoms. The van der Waals surface area contributed by atoms with Crippen LogP contribution in [-0.4, -0.2) is 85.0 Å². The van der Waals surface area contributed by atoms with Gasteiger partial charge >= 0.3 is 29.8 Å². The maximum absolute atomic E-state index is 12.9. The highest BCUT2D eigenvalue weighted by Crippen LogP contribution is 2.44. The first-order valence-electron chi connectivity index (χ1n) is 11.2. The Bertz CT molecular complexity index is 908. The summed E-state index contributed by atoms with van der Waals surface area (Å²) in [7, 11) is 1.04. The number of nitrogens with one attached hydrogen (secondary N) is 1. The zero-order chi connectivity index (χ0) is 28.5. The Labute approximate surface area is 219 Å². The average Bonchev–Trinajstić information content (AvgIpc) is 2.77. The van der Waals surface area contributed by atoms with E-state index in [1.165, 1.54) is 6.08 Å². The lowest BCUT2D eigenvalue weighted by Crippen LogP contribution is -2.71.